The SMILES string of the molecule is COc1nc(N2CC[C@H](O)C2)cc(-n2ncc3cc(C)c([C@H]4CCNC[C@H]4F)cc32)n1. The van der Waals surface area contributed by atoms with Crippen LogP contribution >= 0.6 is 0 Å². The van der Waals surface area contributed by atoms with Crippen LogP contribution in [0.25, 0.3) is 16.7 Å². The molecule has 3 atom stereocenters. The lowest BCUT2D eigenvalue weighted by Gasteiger charge is -2.28. The fourth-order valence-corrected chi connectivity index (χ4v) is 4.67. The maximum absolute atomic E-state index is 14.7. The van der Waals surface area contributed by atoms with Gasteiger partial charge in [-0.05, 0) is 49.6 Å². The van der Waals surface area contributed by atoms with Gasteiger partial charge in [0.1, 0.15) is 12.0 Å². The average Bonchev–Trinajstić information content (AvgIpc) is 3.39. The Balaban J connectivity index is 1.59. The van der Waals surface area contributed by atoms with Crippen LogP contribution in [-0.2, 0) is 0 Å². The predicted octanol–water partition coefficient (Wildman–Crippen LogP) is 2.12. The third-order valence-corrected chi connectivity index (χ3v) is 6.33. The predicted molar refractivity (Wildman–Crippen MR) is 116 cm³/mol. The molecule has 3 aromatic rings. The van der Waals surface area contributed by atoms with Crippen molar-refractivity contribution in [3.8, 4) is 11.8 Å². The van der Waals surface area contributed by atoms with Gasteiger partial charge < -0.3 is 20.1 Å². The summed E-state index contributed by atoms with van der Waals surface area (Å²) in [7, 11) is 1.53. The van der Waals surface area contributed by atoms with E-state index in [1.165, 1.54) is 7.11 Å². The maximum atomic E-state index is 14.7. The Morgan fingerprint density at radius 1 is 1.19 bits per heavy atom. The molecular formula is C22H27FN6O2. The normalized spacial score (nSPS) is 24.1. The molecule has 164 valence electrons. The number of nitrogens with one attached hydrogen (secondary N) is 1. The molecule has 0 spiro atoms. The molecule has 0 aliphatic carbocycles. The van der Waals surface area contributed by atoms with Crippen LogP contribution in [0.5, 0.6) is 6.01 Å². The van der Waals surface area contributed by atoms with Gasteiger partial charge in [-0.1, -0.05) is 0 Å². The van der Waals surface area contributed by atoms with Gasteiger partial charge in [0.2, 0.25) is 0 Å². The summed E-state index contributed by atoms with van der Waals surface area (Å²) in [5.74, 6) is 1.14. The smallest absolute Gasteiger partial charge is 0.320 e. The maximum Gasteiger partial charge on any atom is 0.320 e. The number of piperidine rings is 1. The second kappa shape index (κ2) is 8.05. The van der Waals surface area contributed by atoms with Crippen LogP contribution in [0, 0.1) is 6.92 Å². The van der Waals surface area contributed by atoms with Crippen molar-refractivity contribution in [2.45, 2.75) is 38.0 Å². The Kier molecular flexibility index (Phi) is 5.23. The van der Waals surface area contributed by atoms with E-state index in [0.29, 0.717) is 31.1 Å². The topological polar surface area (TPSA) is 88.3 Å². The molecule has 9 heteroatoms. The van der Waals surface area contributed by atoms with Crippen molar-refractivity contribution in [3.63, 3.8) is 0 Å². The number of benzene rings is 1. The summed E-state index contributed by atoms with van der Waals surface area (Å²) in [6, 6.07) is 6.22. The van der Waals surface area contributed by atoms with E-state index in [2.05, 4.69) is 26.4 Å². The van der Waals surface area contributed by atoms with E-state index in [1.54, 1.807) is 10.9 Å². The van der Waals surface area contributed by atoms with E-state index in [0.717, 1.165) is 41.5 Å². The molecule has 5 rings (SSSR count). The van der Waals surface area contributed by atoms with Crippen LogP contribution in [-0.4, -0.2) is 70.4 Å². The zero-order chi connectivity index (χ0) is 21.5. The number of methoxy groups -OCH3 is 1. The number of aromatic nitrogens is 4. The minimum Gasteiger partial charge on any atom is -0.467 e. The first kappa shape index (κ1) is 20.1. The molecule has 2 N–H and O–H groups in total. The minimum absolute atomic E-state index is 0.129. The summed E-state index contributed by atoms with van der Waals surface area (Å²) in [4.78, 5) is 11.0. The summed E-state index contributed by atoms with van der Waals surface area (Å²) in [5.41, 5.74) is 2.97. The van der Waals surface area contributed by atoms with Crippen LogP contribution in [0.4, 0.5) is 10.2 Å². The van der Waals surface area contributed by atoms with Gasteiger partial charge >= 0.3 is 6.01 Å². The van der Waals surface area contributed by atoms with Gasteiger partial charge in [0.15, 0.2) is 5.82 Å². The standard InChI is InChI=1S/C22H27FN6O2/c1-13-7-14-10-25-29(19(14)8-17(13)16-3-5-24-11-18(16)23)21-9-20(26-22(27-21)31-2)28-6-4-15(30)12-28/h7-10,15-16,18,24,30H,3-6,11-12H2,1-2H3/t15-,16+,18+/m0/s1. The van der Waals surface area contributed by atoms with Crippen LogP contribution in [0.1, 0.15) is 29.9 Å². The Bertz CT molecular complexity index is 1100. The number of aliphatic hydroxyl groups is 1. The molecular weight excluding hydrogens is 399 g/mol. The lowest BCUT2D eigenvalue weighted by atomic mass is 9.85. The van der Waals surface area contributed by atoms with Crippen molar-refractivity contribution < 1.29 is 14.2 Å². The zero-order valence-electron chi connectivity index (χ0n) is 17.8. The molecule has 4 heterocycles. The Morgan fingerprint density at radius 3 is 2.77 bits per heavy atom. The van der Waals surface area contributed by atoms with E-state index in [-0.39, 0.29) is 18.0 Å². The monoisotopic (exact) mass is 426 g/mol. The first-order chi connectivity index (χ1) is 15.0. The number of β-amino-alcohol motifs (C(OH)–C–C–N with tert-alkyl or cyclic N) is 1. The number of alkyl halides is 1. The molecule has 2 aliphatic rings. The molecule has 2 saturated heterocycles. The molecule has 8 nitrogen and oxygen atoms in total. The number of rotatable bonds is 4. The number of anilines is 1. The van der Waals surface area contributed by atoms with E-state index in [1.807, 2.05) is 24.0 Å². The molecule has 0 radical (unpaired) electrons. The molecule has 1 aromatic carbocycles. The third-order valence-electron chi connectivity index (χ3n) is 6.33. The van der Waals surface area contributed by atoms with Gasteiger partial charge in [0.25, 0.3) is 0 Å². The second-order valence-electron chi connectivity index (χ2n) is 8.40. The second-order valence-corrected chi connectivity index (χ2v) is 8.40. The van der Waals surface area contributed by atoms with Crippen LogP contribution in [0.3, 0.4) is 0 Å². The van der Waals surface area contributed by atoms with Gasteiger partial charge in [0.05, 0.1) is 24.9 Å². The van der Waals surface area contributed by atoms with Crippen LogP contribution < -0.4 is 15.0 Å². The summed E-state index contributed by atoms with van der Waals surface area (Å²) in [5, 5.41) is 18.6. The van der Waals surface area contributed by atoms with Gasteiger partial charge in [-0.2, -0.15) is 15.1 Å². The number of aryl methyl sites for hydroxylation is 1. The van der Waals surface area contributed by atoms with Gasteiger partial charge in [-0.3, -0.25) is 0 Å². The van der Waals surface area contributed by atoms with Crippen LogP contribution in [0.2, 0.25) is 0 Å². The first-order valence-electron chi connectivity index (χ1n) is 10.7. The van der Waals surface area contributed by atoms with Gasteiger partial charge in [0, 0.05) is 37.0 Å². The highest BCUT2D eigenvalue weighted by atomic mass is 19.1. The minimum atomic E-state index is -0.909. The highest BCUT2D eigenvalue weighted by molar-refractivity contribution is 5.82. The van der Waals surface area contributed by atoms with Crippen molar-refractivity contribution in [2.24, 2.45) is 0 Å². The molecule has 0 amide bonds. The molecule has 2 aromatic heterocycles. The molecule has 0 bridgehead atoms. The number of aliphatic hydroxyl groups excluding tert-OH is 1. The molecule has 2 aliphatic heterocycles. The number of halogens is 1. The van der Waals surface area contributed by atoms with E-state index < -0.39 is 6.17 Å². The number of hydrogen-bond acceptors (Lipinski definition) is 7. The Morgan fingerprint density at radius 2 is 2.03 bits per heavy atom. The highest BCUT2D eigenvalue weighted by Crippen LogP contribution is 2.33. The molecule has 0 saturated carbocycles. The highest BCUT2D eigenvalue weighted by Gasteiger charge is 2.28. The Labute approximate surface area is 180 Å². The molecule has 31 heavy (non-hydrogen) atoms. The average molecular weight is 426 g/mol. The Hall–Kier alpha value is -2.78. The van der Waals surface area contributed by atoms with Gasteiger partial charge in [-0.15, -0.1) is 0 Å². The number of hydrogen-bond donors (Lipinski definition) is 2. The van der Waals surface area contributed by atoms with Crippen molar-refractivity contribution in [2.75, 3.05) is 38.2 Å². The van der Waals surface area contributed by atoms with Crippen LogP contribution in [0.15, 0.2) is 24.4 Å². The first-order valence-corrected chi connectivity index (χ1v) is 10.7. The van der Waals surface area contributed by atoms with E-state index in [4.69, 9.17) is 4.74 Å². The summed E-state index contributed by atoms with van der Waals surface area (Å²) < 4.78 is 21.8. The van der Waals surface area contributed by atoms with Crippen molar-refractivity contribution >= 4 is 16.7 Å². The summed E-state index contributed by atoms with van der Waals surface area (Å²) in [6.45, 7) is 4.48. The lowest BCUT2D eigenvalue weighted by Crippen LogP contribution is -2.36. The molecule has 0 unspecified atom stereocenters. The van der Waals surface area contributed by atoms with E-state index >= 15 is 0 Å². The lowest BCUT2D eigenvalue weighted by molar-refractivity contribution is 0.198. The van der Waals surface area contributed by atoms with Crippen molar-refractivity contribution in [1.82, 2.24) is 25.1 Å². The third kappa shape index (κ3) is 3.72. The largest absolute Gasteiger partial charge is 0.467 e. The number of ether oxygens (including phenoxy) is 1. The summed E-state index contributed by atoms with van der Waals surface area (Å²) in [6.07, 6.45) is 2.00. The molecule has 2 fully saturated rings. The van der Waals surface area contributed by atoms with Crippen molar-refractivity contribution in [3.05, 3.63) is 35.5 Å². The van der Waals surface area contributed by atoms with Crippen molar-refractivity contribution in [1.29, 1.82) is 0 Å². The fourth-order valence-electron chi connectivity index (χ4n) is 4.67. The summed E-state index contributed by atoms with van der Waals surface area (Å²) >= 11 is 0. The van der Waals surface area contributed by atoms with E-state index in [9.17, 15) is 9.50 Å². The fraction of sp³-hybridized carbons (Fsp3) is 0.500. The zero-order valence-corrected chi connectivity index (χ0v) is 17.8. The number of nitrogens with zero attached hydrogens (tertiary/aromatic N) is 5. The number of fused-ring (bicyclic) bond motifs is 1. The van der Waals surface area contributed by atoms with Gasteiger partial charge in [-0.25, -0.2) is 9.07 Å². The quantitative estimate of drug-likeness (QED) is 0.661.